The van der Waals surface area contributed by atoms with E-state index in [2.05, 4.69) is 10.3 Å². The predicted molar refractivity (Wildman–Crippen MR) is 129 cm³/mol. The van der Waals surface area contributed by atoms with E-state index >= 15 is 0 Å². The summed E-state index contributed by atoms with van der Waals surface area (Å²) < 4.78 is 29.3. The maximum Gasteiger partial charge on any atom is 0.323 e. The van der Waals surface area contributed by atoms with Crippen molar-refractivity contribution in [3.63, 3.8) is 0 Å². The number of sulfone groups is 1. The summed E-state index contributed by atoms with van der Waals surface area (Å²) in [6.07, 6.45) is 6.00. The predicted octanol–water partition coefficient (Wildman–Crippen LogP) is 4.10. The molecular weight excluding hydrogens is 486 g/mol. The number of benzene rings is 1. The highest BCUT2D eigenvalue weighted by atomic mass is 35.5. The van der Waals surface area contributed by atoms with Crippen molar-refractivity contribution < 1.29 is 22.7 Å². The molecule has 0 radical (unpaired) electrons. The molecule has 1 fully saturated rings. The molecule has 3 N–H and O–H groups in total. The molecule has 1 atom stereocenters. The summed E-state index contributed by atoms with van der Waals surface area (Å²) in [5.41, 5.74) is 7.22. The number of rotatable bonds is 9. The zero-order chi connectivity index (χ0) is 24.2. The number of hydrogen-bond donors (Lipinski definition) is 2. The Labute approximate surface area is 202 Å². The molecule has 0 aliphatic heterocycles. The Morgan fingerprint density at radius 1 is 1.33 bits per heavy atom. The lowest BCUT2D eigenvalue weighted by Crippen LogP contribution is -2.34. The van der Waals surface area contributed by atoms with Gasteiger partial charge in [0, 0.05) is 12.7 Å². The fraction of sp³-hybridized carbons (Fsp3) is 0.500. The number of amides is 1. The van der Waals surface area contributed by atoms with Gasteiger partial charge in [-0.2, -0.15) is 0 Å². The van der Waals surface area contributed by atoms with Crippen LogP contribution in [0.25, 0.3) is 10.4 Å². The third-order valence-corrected chi connectivity index (χ3v) is 8.14. The fourth-order valence-corrected chi connectivity index (χ4v) is 5.97. The molecule has 1 aromatic heterocycles. The Kier molecular flexibility index (Phi) is 8.49. The van der Waals surface area contributed by atoms with Crippen LogP contribution in [0.3, 0.4) is 0 Å². The van der Waals surface area contributed by atoms with E-state index in [0.717, 1.165) is 36.8 Å². The van der Waals surface area contributed by atoms with Gasteiger partial charge >= 0.3 is 5.97 Å². The van der Waals surface area contributed by atoms with Crippen molar-refractivity contribution >= 4 is 49.8 Å². The van der Waals surface area contributed by atoms with E-state index in [9.17, 15) is 18.0 Å². The summed E-state index contributed by atoms with van der Waals surface area (Å²) in [6.45, 7) is 1.78. The van der Waals surface area contributed by atoms with Crippen molar-refractivity contribution in [2.75, 3.05) is 11.6 Å². The number of nitrogens with zero attached hydrogens (tertiary/aromatic N) is 1. The van der Waals surface area contributed by atoms with Crippen LogP contribution in [0.4, 0.5) is 5.13 Å². The average molecular weight is 514 g/mol. The Morgan fingerprint density at radius 3 is 2.70 bits per heavy atom. The Bertz CT molecular complexity index is 1130. The third-order valence-electron chi connectivity index (χ3n) is 5.44. The van der Waals surface area contributed by atoms with Crippen molar-refractivity contribution in [3.8, 4) is 10.4 Å². The zero-order valence-corrected chi connectivity index (χ0v) is 21.0. The van der Waals surface area contributed by atoms with Gasteiger partial charge in [-0.1, -0.05) is 29.0 Å². The summed E-state index contributed by atoms with van der Waals surface area (Å²) in [5.74, 6) is -0.640. The average Bonchev–Trinajstić information content (AvgIpc) is 3.36. The van der Waals surface area contributed by atoms with Gasteiger partial charge in [-0.3, -0.25) is 9.59 Å². The van der Waals surface area contributed by atoms with E-state index in [4.69, 9.17) is 22.1 Å². The van der Waals surface area contributed by atoms with Gasteiger partial charge in [0.05, 0.1) is 20.5 Å². The molecule has 0 unspecified atom stereocenters. The summed E-state index contributed by atoms with van der Waals surface area (Å²) in [4.78, 5) is 29.5. The Morgan fingerprint density at radius 2 is 2.03 bits per heavy atom. The topological polar surface area (TPSA) is 128 Å². The van der Waals surface area contributed by atoms with Gasteiger partial charge < -0.3 is 15.8 Å². The quantitative estimate of drug-likeness (QED) is 0.483. The van der Waals surface area contributed by atoms with Gasteiger partial charge in [0.2, 0.25) is 5.91 Å². The lowest BCUT2D eigenvalue weighted by Gasteiger charge is -2.15. The number of hydrogen-bond acceptors (Lipinski definition) is 8. The minimum Gasteiger partial charge on any atom is -0.461 e. The maximum atomic E-state index is 12.3. The smallest absolute Gasteiger partial charge is 0.323 e. The number of carbonyl (C=O) groups excluding carboxylic acids is 2. The van der Waals surface area contributed by atoms with Crippen LogP contribution in [0.1, 0.15) is 50.6 Å². The molecule has 1 aliphatic rings. The van der Waals surface area contributed by atoms with Crippen molar-refractivity contribution in [1.82, 2.24) is 4.98 Å². The van der Waals surface area contributed by atoms with Crippen molar-refractivity contribution in [3.05, 3.63) is 28.9 Å². The summed E-state index contributed by atoms with van der Waals surface area (Å²) >= 11 is 7.28. The first kappa shape index (κ1) is 25.6. The lowest BCUT2D eigenvalue weighted by molar-refractivity contribution is -0.150. The standard InChI is InChI=1S/C22H28ClN3O5S2/c1-13-20(14-10-11-16(23)18(12-14)33(2,29)30)32-22(25-13)26-19(27)9-5-8-17(24)21(28)31-15-6-3-4-7-15/h10-12,15,17H,3-9,24H2,1-2H3,(H,25,26,27)/t17-/m1/s1. The molecule has 3 rings (SSSR count). The number of esters is 1. The van der Waals surface area contributed by atoms with Gasteiger partial charge in [-0.05, 0) is 63.1 Å². The maximum absolute atomic E-state index is 12.3. The van der Waals surface area contributed by atoms with E-state index in [1.165, 1.54) is 23.5 Å². The first-order valence-electron chi connectivity index (χ1n) is 10.8. The summed E-state index contributed by atoms with van der Waals surface area (Å²) in [6, 6.07) is 4.03. The molecule has 0 saturated heterocycles. The van der Waals surface area contributed by atoms with E-state index in [-0.39, 0.29) is 28.4 Å². The van der Waals surface area contributed by atoms with Crippen molar-refractivity contribution in [2.45, 2.75) is 68.9 Å². The number of halogens is 1. The largest absolute Gasteiger partial charge is 0.461 e. The fourth-order valence-electron chi connectivity index (χ4n) is 3.69. The monoisotopic (exact) mass is 513 g/mol. The molecule has 33 heavy (non-hydrogen) atoms. The first-order chi connectivity index (χ1) is 15.5. The first-order valence-corrected chi connectivity index (χ1v) is 13.9. The highest BCUT2D eigenvalue weighted by Crippen LogP contribution is 2.35. The third kappa shape index (κ3) is 6.99. The number of carbonyl (C=O) groups is 2. The summed E-state index contributed by atoms with van der Waals surface area (Å²) in [7, 11) is -3.48. The molecule has 0 bridgehead atoms. The van der Waals surface area contributed by atoms with Crippen LogP contribution in [0.15, 0.2) is 23.1 Å². The number of aromatic nitrogens is 1. The van der Waals surface area contributed by atoms with Crippen LogP contribution < -0.4 is 11.1 Å². The molecule has 1 heterocycles. The molecule has 1 aliphatic carbocycles. The van der Waals surface area contributed by atoms with Crippen LogP contribution in [0.2, 0.25) is 5.02 Å². The van der Waals surface area contributed by atoms with Gasteiger partial charge in [0.15, 0.2) is 15.0 Å². The lowest BCUT2D eigenvalue weighted by atomic mass is 10.1. The highest BCUT2D eigenvalue weighted by molar-refractivity contribution is 7.90. The number of ether oxygens (including phenoxy) is 1. The minimum absolute atomic E-state index is 0.0247. The van der Waals surface area contributed by atoms with Crippen molar-refractivity contribution in [2.24, 2.45) is 5.73 Å². The molecule has 1 amide bonds. The Hall–Kier alpha value is -2.01. The zero-order valence-electron chi connectivity index (χ0n) is 18.6. The van der Waals surface area contributed by atoms with E-state index in [0.29, 0.717) is 29.2 Å². The number of aryl methyl sites for hydroxylation is 1. The molecule has 11 heteroatoms. The molecule has 1 aromatic carbocycles. The van der Waals surface area contributed by atoms with E-state index in [1.807, 2.05) is 0 Å². The van der Waals surface area contributed by atoms with Crippen LogP contribution >= 0.6 is 22.9 Å². The normalized spacial score (nSPS) is 15.4. The van der Waals surface area contributed by atoms with Crippen LogP contribution in [-0.4, -0.2) is 43.7 Å². The van der Waals surface area contributed by atoms with E-state index in [1.54, 1.807) is 13.0 Å². The SMILES string of the molecule is Cc1nc(NC(=O)CCC[C@@H](N)C(=O)OC2CCCC2)sc1-c1ccc(Cl)c(S(C)(=O)=O)c1. The Balaban J connectivity index is 1.54. The van der Waals surface area contributed by atoms with Crippen LogP contribution in [0, 0.1) is 6.92 Å². The molecule has 8 nitrogen and oxygen atoms in total. The number of nitrogens with one attached hydrogen (secondary N) is 1. The molecular formula is C22H28ClN3O5S2. The van der Waals surface area contributed by atoms with Gasteiger partial charge in [0.25, 0.3) is 0 Å². The second-order valence-corrected chi connectivity index (χ2v) is 11.6. The molecule has 180 valence electrons. The summed E-state index contributed by atoms with van der Waals surface area (Å²) in [5, 5.41) is 3.32. The van der Waals surface area contributed by atoms with Gasteiger partial charge in [0.1, 0.15) is 12.1 Å². The second kappa shape index (κ2) is 10.9. The van der Waals surface area contributed by atoms with Crippen LogP contribution in [0.5, 0.6) is 0 Å². The van der Waals surface area contributed by atoms with Gasteiger partial charge in [-0.15, -0.1) is 0 Å². The number of anilines is 1. The minimum atomic E-state index is -3.48. The van der Waals surface area contributed by atoms with E-state index < -0.39 is 21.8 Å². The van der Waals surface area contributed by atoms with Gasteiger partial charge in [-0.25, -0.2) is 13.4 Å². The molecule has 1 saturated carbocycles. The molecule has 2 aromatic rings. The molecule has 0 spiro atoms. The highest BCUT2D eigenvalue weighted by Gasteiger charge is 2.23. The van der Waals surface area contributed by atoms with Crippen LogP contribution in [-0.2, 0) is 24.2 Å². The van der Waals surface area contributed by atoms with Crippen molar-refractivity contribution in [1.29, 1.82) is 0 Å². The second-order valence-electron chi connectivity index (χ2n) is 8.24. The number of nitrogens with two attached hydrogens (primary N) is 1. The number of thiazole rings is 1.